The molecule has 27 heavy (non-hydrogen) atoms. The van der Waals surface area contributed by atoms with Crippen LogP contribution >= 0.6 is 27.5 Å². The van der Waals surface area contributed by atoms with E-state index in [1.807, 2.05) is 13.8 Å². The van der Waals surface area contributed by atoms with Crippen LogP contribution < -0.4 is 10.7 Å². The molecule has 0 fully saturated rings. The van der Waals surface area contributed by atoms with Gasteiger partial charge >= 0.3 is 0 Å². The highest BCUT2D eigenvalue weighted by atomic mass is 79.9. The third kappa shape index (κ3) is 6.08. The van der Waals surface area contributed by atoms with Crippen molar-refractivity contribution in [3.05, 3.63) is 63.1 Å². The van der Waals surface area contributed by atoms with Gasteiger partial charge in [0.25, 0.3) is 11.8 Å². The zero-order valence-corrected chi connectivity index (χ0v) is 17.1. The number of hydrazone groups is 1. The van der Waals surface area contributed by atoms with E-state index in [-0.39, 0.29) is 17.6 Å². The van der Waals surface area contributed by atoms with E-state index in [9.17, 15) is 14.7 Å². The molecule has 0 radical (unpaired) electrons. The summed E-state index contributed by atoms with van der Waals surface area (Å²) in [4.78, 5) is 24.7. The second kappa shape index (κ2) is 9.53. The van der Waals surface area contributed by atoms with E-state index in [0.717, 1.165) is 0 Å². The number of phenolic OH excluding ortho intramolecular Hbond substituents is 1. The number of rotatable bonds is 6. The van der Waals surface area contributed by atoms with Crippen molar-refractivity contribution in [1.29, 1.82) is 0 Å². The lowest BCUT2D eigenvalue weighted by Gasteiger charge is -2.20. The fourth-order valence-electron chi connectivity index (χ4n) is 2.20. The van der Waals surface area contributed by atoms with Crippen LogP contribution in [0.15, 0.2) is 52.0 Å². The molecule has 1 atom stereocenters. The number of nitrogens with one attached hydrogen (secondary N) is 2. The maximum atomic E-state index is 12.4. The first-order valence-electron chi connectivity index (χ1n) is 8.16. The predicted molar refractivity (Wildman–Crippen MR) is 109 cm³/mol. The molecular formula is C19H19BrClN3O3. The second-order valence-electron chi connectivity index (χ2n) is 6.15. The van der Waals surface area contributed by atoms with Gasteiger partial charge in [0.1, 0.15) is 11.8 Å². The fraction of sp³-hybridized carbons (Fsp3) is 0.211. The zero-order valence-electron chi connectivity index (χ0n) is 14.7. The van der Waals surface area contributed by atoms with Crippen LogP contribution in [0.2, 0.25) is 5.02 Å². The molecule has 6 nitrogen and oxygen atoms in total. The SMILES string of the molecule is CC(C)C(NC(=O)c1ccc(Cl)cc1)C(=O)NN=Cc1ccc(O)c(Br)c1. The van der Waals surface area contributed by atoms with Crippen molar-refractivity contribution in [2.24, 2.45) is 11.0 Å². The topological polar surface area (TPSA) is 90.8 Å². The van der Waals surface area contributed by atoms with Gasteiger partial charge in [-0.1, -0.05) is 25.4 Å². The number of halogens is 2. The normalized spacial score (nSPS) is 12.2. The quantitative estimate of drug-likeness (QED) is 0.461. The number of hydrogen-bond acceptors (Lipinski definition) is 4. The largest absolute Gasteiger partial charge is 0.507 e. The number of carbonyl (C=O) groups excluding carboxylic acids is 2. The fourth-order valence-corrected chi connectivity index (χ4v) is 2.73. The molecule has 142 valence electrons. The molecule has 0 aliphatic rings. The van der Waals surface area contributed by atoms with Gasteiger partial charge in [0, 0.05) is 10.6 Å². The van der Waals surface area contributed by atoms with E-state index in [4.69, 9.17) is 11.6 Å². The number of benzene rings is 2. The lowest BCUT2D eigenvalue weighted by molar-refractivity contribution is -0.123. The lowest BCUT2D eigenvalue weighted by Crippen LogP contribution is -2.48. The second-order valence-corrected chi connectivity index (χ2v) is 7.44. The maximum absolute atomic E-state index is 12.4. The Bertz CT molecular complexity index is 854. The van der Waals surface area contributed by atoms with Crippen molar-refractivity contribution < 1.29 is 14.7 Å². The Hall–Kier alpha value is -2.38. The summed E-state index contributed by atoms with van der Waals surface area (Å²) in [5.41, 5.74) is 3.53. The molecule has 0 spiro atoms. The Morgan fingerprint density at radius 2 is 1.85 bits per heavy atom. The first-order valence-corrected chi connectivity index (χ1v) is 9.33. The number of nitrogens with zero attached hydrogens (tertiary/aromatic N) is 1. The summed E-state index contributed by atoms with van der Waals surface area (Å²) in [6, 6.07) is 10.5. The van der Waals surface area contributed by atoms with E-state index in [1.54, 1.807) is 36.4 Å². The van der Waals surface area contributed by atoms with Crippen LogP contribution in [0.1, 0.15) is 29.8 Å². The van der Waals surface area contributed by atoms with Crippen molar-refractivity contribution in [1.82, 2.24) is 10.7 Å². The van der Waals surface area contributed by atoms with Crippen LogP contribution in [0, 0.1) is 5.92 Å². The van der Waals surface area contributed by atoms with Crippen molar-refractivity contribution in [3.8, 4) is 5.75 Å². The summed E-state index contributed by atoms with van der Waals surface area (Å²) < 4.78 is 0.521. The van der Waals surface area contributed by atoms with Crippen LogP contribution in [-0.4, -0.2) is 29.2 Å². The van der Waals surface area contributed by atoms with E-state index in [1.165, 1.54) is 12.3 Å². The molecular weight excluding hydrogens is 434 g/mol. The Kier molecular flexibility index (Phi) is 7.38. The van der Waals surface area contributed by atoms with Crippen molar-refractivity contribution in [3.63, 3.8) is 0 Å². The zero-order chi connectivity index (χ0) is 20.0. The number of aromatic hydroxyl groups is 1. The standard InChI is InChI=1S/C19H19BrClN3O3/c1-11(2)17(23-18(26)13-4-6-14(21)7-5-13)19(27)24-22-10-12-3-8-16(25)15(20)9-12/h3-11,17,25H,1-2H3,(H,23,26)(H,24,27). The van der Waals surface area contributed by atoms with Crippen LogP contribution in [0.25, 0.3) is 0 Å². The molecule has 0 aliphatic heterocycles. The summed E-state index contributed by atoms with van der Waals surface area (Å²) >= 11 is 9.03. The molecule has 8 heteroatoms. The van der Waals surface area contributed by atoms with Gasteiger partial charge in [-0.2, -0.15) is 5.10 Å². The van der Waals surface area contributed by atoms with Gasteiger partial charge < -0.3 is 10.4 Å². The molecule has 1 unspecified atom stereocenters. The van der Waals surface area contributed by atoms with Crippen LogP contribution in [0.4, 0.5) is 0 Å². The minimum absolute atomic E-state index is 0.112. The molecule has 0 saturated heterocycles. The van der Waals surface area contributed by atoms with Crippen LogP contribution in [-0.2, 0) is 4.79 Å². The highest BCUT2D eigenvalue weighted by molar-refractivity contribution is 9.10. The van der Waals surface area contributed by atoms with Crippen LogP contribution in [0.5, 0.6) is 5.75 Å². The molecule has 3 N–H and O–H groups in total. The Morgan fingerprint density at radius 3 is 2.44 bits per heavy atom. The summed E-state index contributed by atoms with van der Waals surface area (Å²) in [6.45, 7) is 3.65. The Labute approximate surface area is 170 Å². The average Bonchev–Trinajstić information content (AvgIpc) is 2.62. The third-order valence-electron chi connectivity index (χ3n) is 3.70. The summed E-state index contributed by atoms with van der Waals surface area (Å²) in [6.07, 6.45) is 1.44. The van der Waals surface area contributed by atoms with Gasteiger partial charge in [0.2, 0.25) is 0 Å². The van der Waals surface area contributed by atoms with E-state index < -0.39 is 11.9 Å². The third-order valence-corrected chi connectivity index (χ3v) is 4.59. The molecule has 0 aliphatic carbocycles. The molecule has 2 aromatic rings. The van der Waals surface area contributed by atoms with Gasteiger partial charge in [-0.05, 0) is 69.9 Å². The van der Waals surface area contributed by atoms with Crippen LogP contribution in [0.3, 0.4) is 0 Å². The smallest absolute Gasteiger partial charge is 0.262 e. The first-order chi connectivity index (χ1) is 12.8. The first kappa shape index (κ1) is 20.9. The maximum Gasteiger partial charge on any atom is 0.262 e. The van der Waals surface area contributed by atoms with Gasteiger partial charge in [-0.3, -0.25) is 9.59 Å². The molecule has 0 saturated carbocycles. The van der Waals surface area contributed by atoms with Crippen molar-refractivity contribution in [2.75, 3.05) is 0 Å². The van der Waals surface area contributed by atoms with Gasteiger partial charge in [-0.25, -0.2) is 5.43 Å². The molecule has 2 aromatic carbocycles. The number of carbonyl (C=O) groups is 2. The number of amides is 2. The van der Waals surface area contributed by atoms with E-state index in [0.29, 0.717) is 20.6 Å². The van der Waals surface area contributed by atoms with Gasteiger partial charge in [0.15, 0.2) is 0 Å². The van der Waals surface area contributed by atoms with Gasteiger partial charge in [0.05, 0.1) is 10.7 Å². The lowest BCUT2D eigenvalue weighted by atomic mass is 10.0. The Morgan fingerprint density at radius 1 is 1.19 bits per heavy atom. The van der Waals surface area contributed by atoms with Crippen molar-refractivity contribution in [2.45, 2.75) is 19.9 Å². The van der Waals surface area contributed by atoms with Crippen molar-refractivity contribution >= 4 is 45.6 Å². The highest BCUT2D eigenvalue weighted by Crippen LogP contribution is 2.23. The molecule has 0 heterocycles. The molecule has 0 aromatic heterocycles. The summed E-state index contributed by atoms with van der Waals surface area (Å²) in [5.74, 6) is -0.825. The number of phenols is 1. The molecule has 2 amide bonds. The van der Waals surface area contributed by atoms with E-state index in [2.05, 4.69) is 31.8 Å². The molecule has 0 bridgehead atoms. The number of hydrogen-bond donors (Lipinski definition) is 3. The summed E-state index contributed by atoms with van der Waals surface area (Å²) in [7, 11) is 0. The van der Waals surface area contributed by atoms with E-state index >= 15 is 0 Å². The Balaban J connectivity index is 2.01. The minimum Gasteiger partial charge on any atom is -0.507 e. The molecule has 2 rings (SSSR count). The highest BCUT2D eigenvalue weighted by Gasteiger charge is 2.24. The monoisotopic (exact) mass is 451 g/mol. The van der Waals surface area contributed by atoms with Gasteiger partial charge in [-0.15, -0.1) is 0 Å². The minimum atomic E-state index is -0.753. The predicted octanol–water partition coefficient (Wildman–Crippen LogP) is 3.71. The average molecular weight is 453 g/mol. The summed E-state index contributed by atoms with van der Waals surface area (Å²) in [5, 5.41) is 16.6.